The lowest BCUT2D eigenvalue weighted by molar-refractivity contribution is -0.137. The summed E-state index contributed by atoms with van der Waals surface area (Å²) in [5, 5.41) is 9.12. The predicted octanol–water partition coefficient (Wildman–Crippen LogP) is 4.80. The summed E-state index contributed by atoms with van der Waals surface area (Å²) in [6.07, 6.45) is -0.427. The van der Waals surface area contributed by atoms with Crippen LogP contribution in [0.3, 0.4) is 0 Å². The minimum atomic E-state index is -4.43. The first-order valence-corrected chi connectivity index (χ1v) is 9.87. The Morgan fingerprint density at radius 3 is 2.75 bits per heavy atom. The van der Waals surface area contributed by atoms with Crippen LogP contribution < -0.4 is 5.32 Å². The summed E-state index contributed by atoms with van der Waals surface area (Å²) in [5.74, 6) is -0.0910. The molecule has 4 nitrogen and oxygen atoms in total. The smallest absolute Gasteiger partial charge is 0.352 e. The van der Waals surface area contributed by atoms with Crippen LogP contribution >= 0.6 is 11.3 Å². The summed E-state index contributed by atoms with van der Waals surface area (Å²) in [6.45, 7) is 0.498. The Morgan fingerprint density at radius 2 is 2.07 bits per heavy atom. The summed E-state index contributed by atoms with van der Waals surface area (Å²) in [4.78, 5) is 13.8. The predicted molar refractivity (Wildman–Crippen MR) is 101 cm³/mol. The third-order valence-electron chi connectivity index (χ3n) is 4.67. The largest absolute Gasteiger partial charge is 0.416 e. The van der Waals surface area contributed by atoms with E-state index in [1.807, 2.05) is 17.5 Å². The normalized spacial score (nSPS) is 14.2. The van der Waals surface area contributed by atoms with Gasteiger partial charge in [0, 0.05) is 17.3 Å². The van der Waals surface area contributed by atoms with E-state index >= 15 is 0 Å². The van der Waals surface area contributed by atoms with E-state index in [4.69, 9.17) is 0 Å². The second kappa shape index (κ2) is 7.43. The molecule has 1 saturated carbocycles. The number of carbonyl (C=O) groups excluding carboxylic acids is 1. The van der Waals surface area contributed by atoms with E-state index in [1.54, 1.807) is 17.4 Å². The van der Waals surface area contributed by atoms with Gasteiger partial charge in [-0.25, -0.2) is 4.68 Å². The Morgan fingerprint density at radius 1 is 1.25 bits per heavy atom. The highest BCUT2D eigenvalue weighted by molar-refractivity contribution is 7.09. The lowest BCUT2D eigenvalue weighted by Gasteiger charge is -2.12. The van der Waals surface area contributed by atoms with E-state index in [1.165, 1.54) is 21.8 Å². The van der Waals surface area contributed by atoms with Crippen molar-refractivity contribution in [3.63, 3.8) is 0 Å². The number of carbonyl (C=O) groups is 1. The van der Waals surface area contributed by atoms with Gasteiger partial charge in [-0.2, -0.15) is 18.3 Å². The molecule has 1 amide bonds. The highest BCUT2D eigenvalue weighted by Crippen LogP contribution is 2.42. The Balaban J connectivity index is 1.57. The van der Waals surface area contributed by atoms with Crippen molar-refractivity contribution >= 4 is 17.2 Å². The number of hydrogen-bond donors (Lipinski definition) is 1. The Hall–Kier alpha value is -2.61. The van der Waals surface area contributed by atoms with Crippen molar-refractivity contribution in [3.05, 3.63) is 69.7 Å². The highest BCUT2D eigenvalue weighted by Gasteiger charge is 2.34. The molecular weight excluding hydrogens is 387 g/mol. The van der Waals surface area contributed by atoms with Crippen LogP contribution in [-0.2, 0) is 12.6 Å². The van der Waals surface area contributed by atoms with E-state index in [9.17, 15) is 18.0 Å². The highest BCUT2D eigenvalue weighted by atomic mass is 32.1. The molecule has 2 aromatic heterocycles. The maximum absolute atomic E-state index is 13.1. The summed E-state index contributed by atoms with van der Waals surface area (Å²) < 4.78 is 40.6. The van der Waals surface area contributed by atoms with Gasteiger partial charge in [0.25, 0.3) is 5.91 Å². The van der Waals surface area contributed by atoms with Gasteiger partial charge in [0.05, 0.1) is 28.7 Å². The van der Waals surface area contributed by atoms with Crippen LogP contribution in [0.2, 0.25) is 0 Å². The number of alkyl halides is 3. The average Bonchev–Trinajstić information content (AvgIpc) is 3.18. The van der Waals surface area contributed by atoms with Gasteiger partial charge in [-0.3, -0.25) is 4.79 Å². The van der Waals surface area contributed by atoms with Gasteiger partial charge in [-0.05, 0) is 48.9 Å². The maximum Gasteiger partial charge on any atom is 0.416 e. The summed E-state index contributed by atoms with van der Waals surface area (Å²) in [7, 11) is 0. The van der Waals surface area contributed by atoms with Crippen molar-refractivity contribution < 1.29 is 18.0 Å². The molecule has 2 heterocycles. The minimum absolute atomic E-state index is 0.148. The van der Waals surface area contributed by atoms with Crippen LogP contribution in [-0.4, -0.2) is 22.2 Å². The minimum Gasteiger partial charge on any atom is -0.352 e. The van der Waals surface area contributed by atoms with Gasteiger partial charge >= 0.3 is 6.18 Å². The lowest BCUT2D eigenvalue weighted by Crippen LogP contribution is -2.26. The first-order valence-electron chi connectivity index (χ1n) is 8.99. The number of aromatic nitrogens is 2. The Kier molecular flexibility index (Phi) is 4.97. The molecule has 1 aromatic carbocycles. The standard InChI is InChI=1S/C20H18F3N3OS/c21-20(22,23)14-3-1-4-15(11-14)26-18(13-6-7-13)17(12-25-26)19(27)24-9-8-16-5-2-10-28-16/h1-5,10-13H,6-9H2,(H,24,27). The van der Waals surface area contributed by atoms with E-state index in [0.29, 0.717) is 23.5 Å². The number of benzene rings is 1. The second-order valence-corrected chi connectivity index (χ2v) is 7.80. The van der Waals surface area contributed by atoms with Gasteiger partial charge in [0.1, 0.15) is 0 Å². The number of nitrogens with zero attached hydrogens (tertiary/aromatic N) is 2. The zero-order valence-corrected chi connectivity index (χ0v) is 15.7. The Bertz CT molecular complexity index is 975. The van der Waals surface area contributed by atoms with Crippen molar-refractivity contribution in [2.45, 2.75) is 31.4 Å². The summed E-state index contributed by atoms with van der Waals surface area (Å²) in [6, 6.07) is 9.01. The third kappa shape index (κ3) is 3.96. The third-order valence-corrected chi connectivity index (χ3v) is 5.61. The second-order valence-electron chi connectivity index (χ2n) is 6.76. The topological polar surface area (TPSA) is 46.9 Å². The number of nitrogens with one attached hydrogen (secondary N) is 1. The van der Waals surface area contributed by atoms with Crippen LogP contribution in [0.1, 0.15) is 45.3 Å². The molecule has 0 radical (unpaired) electrons. The quantitative estimate of drug-likeness (QED) is 0.640. The molecule has 1 N–H and O–H groups in total. The molecule has 0 saturated heterocycles. The van der Waals surface area contributed by atoms with Crippen molar-refractivity contribution in [1.82, 2.24) is 15.1 Å². The molecule has 146 valence electrons. The summed E-state index contributed by atoms with van der Waals surface area (Å²) in [5.41, 5.74) is 0.706. The van der Waals surface area contributed by atoms with Crippen molar-refractivity contribution in [1.29, 1.82) is 0 Å². The number of thiophene rings is 1. The number of hydrogen-bond acceptors (Lipinski definition) is 3. The molecule has 3 aromatic rings. The number of rotatable bonds is 6. The number of amides is 1. The zero-order valence-electron chi connectivity index (χ0n) is 14.9. The molecule has 8 heteroatoms. The molecule has 1 aliphatic rings. The van der Waals surface area contributed by atoms with E-state index in [0.717, 1.165) is 31.4 Å². The van der Waals surface area contributed by atoms with E-state index < -0.39 is 11.7 Å². The lowest BCUT2D eigenvalue weighted by atomic mass is 10.1. The fraction of sp³-hybridized carbons (Fsp3) is 0.300. The van der Waals surface area contributed by atoms with Crippen LogP contribution in [0.25, 0.3) is 5.69 Å². The van der Waals surface area contributed by atoms with Gasteiger partial charge in [-0.15, -0.1) is 11.3 Å². The Labute approximate surface area is 164 Å². The monoisotopic (exact) mass is 405 g/mol. The van der Waals surface area contributed by atoms with E-state index in [-0.39, 0.29) is 11.8 Å². The van der Waals surface area contributed by atoms with Gasteiger partial charge in [0.2, 0.25) is 0 Å². The van der Waals surface area contributed by atoms with Crippen LogP contribution in [0.5, 0.6) is 0 Å². The van der Waals surface area contributed by atoms with Gasteiger partial charge in [0.15, 0.2) is 0 Å². The summed E-state index contributed by atoms with van der Waals surface area (Å²) >= 11 is 1.63. The molecule has 0 aliphatic heterocycles. The first-order chi connectivity index (χ1) is 13.4. The van der Waals surface area contributed by atoms with E-state index in [2.05, 4.69) is 10.4 Å². The molecule has 0 bridgehead atoms. The van der Waals surface area contributed by atoms with Crippen molar-refractivity contribution in [3.8, 4) is 5.69 Å². The fourth-order valence-electron chi connectivity index (χ4n) is 3.15. The molecule has 28 heavy (non-hydrogen) atoms. The zero-order chi connectivity index (χ0) is 19.7. The average molecular weight is 405 g/mol. The van der Waals surface area contributed by atoms with Crippen LogP contribution in [0.4, 0.5) is 13.2 Å². The van der Waals surface area contributed by atoms with Crippen molar-refractivity contribution in [2.24, 2.45) is 0 Å². The molecule has 1 fully saturated rings. The molecular formula is C20H18F3N3OS. The van der Waals surface area contributed by atoms with Gasteiger partial charge < -0.3 is 5.32 Å². The SMILES string of the molecule is O=C(NCCc1cccs1)c1cnn(-c2cccc(C(F)(F)F)c2)c1C1CC1. The molecule has 0 atom stereocenters. The van der Waals surface area contributed by atoms with Gasteiger partial charge in [-0.1, -0.05) is 12.1 Å². The molecule has 4 rings (SSSR count). The van der Waals surface area contributed by atoms with Crippen LogP contribution in [0, 0.1) is 0 Å². The van der Waals surface area contributed by atoms with Crippen molar-refractivity contribution in [2.75, 3.05) is 6.54 Å². The maximum atomic E-state index is 13.1. The molecule has 1 aliphatic carbocycles. The fourth-order valence-corrected chi connectivity index (χ4v) is 3.86. The molecule has 0 spiro atoms. The molecule has 0 unspecified atom stereocenters. The van der Waals surface area contributed by atoms with Crippen LogP contribution in [0.15, 0.2) is 48.0 Å². The number of halogens is 3. The first kappa shape index (κ1) is 18.7.